The molecule has 11 heavy (non-hydrogen) atoms. The predicted octanol–water partition coefficient (Wildman–Crippen LogP) is 0.612. The predicted molar refractivity (Wildman–Crippen MR) is 42.3 cm³/mol. The largest absolute Gasteiger partial charge is 0.316 e. The zero-order valence-electron chi connectivity index (χ0n) is 6.13. The fraction of sp³-hybridized carbons (Fsp3) is 0.250. The van der Waals surface area contributed by atoms with Crippen LogP contribution in [0.2, 0.25) is 0 Å². The molecule has 0 aliphatic carbocycles. The average molecular weight is 154 g/mol. The van der Waals surface area contributed by atoms with Crippen LogP contribution >= 0.6 is 0 Å². The average Bonchev–Trinajstić information content (AvgIpc) is 1.93. The lowest BCUT2D eigenvalue weighted by Gasteiger charge is -2.05. The highest BCUT2D eigenvalue weighted by Gasteiger charge is 2.02. The van der Waals surface area contributed by atoms with Gasteiger partial charge in [-0.1, -0.05) is 18.2 Å². The van der Waals surface area contributed by atoms with Crippen LogP contribution in [-0.2, 0) is 6.42 Å². The summed E-state index contributed by atoms with van der Waals surface area (Å²) >= 11 is 0. The molecule has 0 radical (unpaired) electrons. The molecule has 3 heteroatoms. The number of rotatable bonds is 2. The summed E-state index contributed by atoms with van der Waals surface area (Å²) in [5, 5.41) is 0. The molecular formula is C8H11FN2. The molecule has 1 rings (SSSR count). The molecule has 0 spiro atoms. The van der Waals surface area contributed by atoms with Gasteiger partial charge >= 0.3 is 0 Å². The molecule has 0 aliphatic heterocycles. The lowest BCUT2D eigenvalue weighted by Crippen LogP contribution is -2.32. The van der Waals surface area contributed by atoms with Gasteiger partial charge in [0.1, 0.15) is 5.82 Å². The molecule has 60 valence electrons. The zero-order chi connectivity index (χ0) is 8.27. The van der Waals surface area contributed by atoms with E-state index in [1.54, 1.807) is 18.2 Å². The second-order valence-electron chi connectivity index (χ2n) is 2.46. The highest BCUT2D eigenvalue weighted by Crippen LogP contribution is 2.06. The van der Waals surface area contributed by atoms with Gasteiger partial charge in [0.15, 0.2) is 0 Å². The van der Waals surface area contributed by atoms with Crippen molar-refractivity contribution in [2.24, 2.45) is 11.5 Å². The van der Waals surface area contributed by atoms with Gasteiger partial charge in [-0.3, -0.25) is 0 Å². The second kappa shape index (κ2) is 3.46. The quantitative estimate of drug-likeness (QED) is 0.613. The van der Waals surface area contributed by atoms with Crippen LogP contribution < -0.4 is 11.5 Å². The molecule has 4 N–H and O–H groups in total. The summed E-state index contributed by atoms with van der Waals surface area (Å²) in [6.07, 6.45) is -0.0981. The Morgan fingerprint density at radius 2 is 1.91 bits per heavy atom. The van der Waals surface area contributed by atoms with Crippen molar-refractivity contribution in [3.8, 4) is 0 Å². The second-order valence-corrected chi connectivity index (χ2v) is 2.46. The van der Waals surface area contributed by atoms with Gasteiger partial charge in [-0.2, -0.15) is 0 Å². The summed E-state index contributed by atoms with van der Waals surface area (Å²) in [4.78, 5) is 0. The van der Waals surface area contributed by atoms with Gasteiger partial charge in [0, 0.05) is 6.42 Å². The molecule has 1 aromatic rings. The third-order valence-electron chi connectivity index (χ3n) is 1.41. The van der Waals surface area contributed by atoms with E-state index in [4.69, 9.17) is 11.5 Å². The van der Waals surface area contributed by atoms with Crippen molar-refractivity contribution in [2.45, 2.75) is 12.6 Å². The van der Waals surface area contributed by atoms with Crippen LogP contribution in [0.1, 0.15) is 5.56 Å². The molecule has 0 aromatic heterocycles. The minimum absolute atomic E-state index is 0.242. The van der Waals surface area contributed by atoms with Gasteiger partial charge in [0.2, 0.25) is 0 Å². The first-order valence-electron chi connectivity index (χ1n) is 3.44. The normalized spacial score (nSPS) is 10.5. The molecule has 0 unspecified atom stereocenters. The Bertz CT molecular complexity index is 235. The van der Waals surface area contributed by atoms with Crippen molar-refractivity contribution in [1.29, 1.82) is 0 Å². The molecule has 0 aliphatic rings. The highest BCUT2D eigenvalue weighted by molar-refractivity contribution is 5.17. The Balaban J connectivity index is 2.78. The lowest BCUT2D eigenvalue weighted by molar-refractivity contribution is 0.591. The van der Waals surface area contributed by atoms with Gasteiger partial charge < -0.3 is 11.5 Å². The maximum Gasteiger partial charge on any atom is 0.126 e. The van der Waals surface area contributed by atoms with Crippen LogP contribution in [-0.4, -0.2) is 6.17 Å². The number of benzene rings is 1. The minimum Gasteiger partial charge on any atom is -0.316 e. The first-order chi connectivity index (χ1) is 5.20. The van der Waals surface area contributed by atoms with Crippen molar-refractivity contribution in [1.82, 2.24) is 0 Å². The standard InChI is InChI=1S/C8H11FN2/c9-7-4-2-1-3-6(7)5-8(10)11/h1-4,8H,5,10-11H2. The fourth-order valence-corrected chi connectivity index (χ4v) is 0.918. The number of hydrogen-bond donors (Lipinski definition) is 2. The van der Waals surface area contributed by atoms with E-state index in [1.807, 2.05) is 0 Å². The van der Waals surface area contributed by atoms with E-state index >= 15 is 0 Å². The van der Waals surface area contributed by atoms with Gasteiger partial charge in [-0.15, -0.1) is 0 Å². The van der Waals surface area contributed by atoms with E-state index < -0.39 is 6.17 Å². The van der Waals surface area contributed by atoms with Crippen molar-refractivity contribution < 1.29 is 4.39 Å². The Labute approximate surface area is 65.0 Å². The van der Waals surface area contributed by atoms with Crippen LogP contribution in [0.4, 0.5) is 4.39 Å². The molecule has 0 saturated heterocycles. The Morgan fingerprint density at radius 3 is 2.45 bits per heavy atom. The van der Waals surface area contributed by atoms with E-state index in [0.717, 1.165) is 0 Å². The van der Waals surface area contributed by atoms with Crippen LogP contribution in [0.5, 0.6) is 0 Å². The third-order valence-corrected chi connectivity index (χ3v) is 1.41. The molecule has 0 fully saturated rings. The SMILES string of the molecule is NC(N)Cc1ccccc1F. The van der Waals surface area contributed by atoms with Gasteiger partial charge in [-0.05, 0) is 11.6 Å². The Morgan fingerprint density at radius 1 is 1.27 bits per heavy atom. The van der Waals surface area contributed by atoms with Crippen molar-refractivity contribution in [2.75, 3.05) is 0 Å². The summed E-state index contributed by atoms with van der Waals surface area (Å²) in [6.45, 7) is 0. The summed E-state index contributed by atoms with van der Waals surface area (Å²) in [6, 6.07) is 6.49. The van der Waals surface area contributed by atoms with Crippen LogP contribution in [0, 0.1) is 5.82 Å². The van der Waals surface area contributed by atoms with Gasteiger partial charge in [0.25, 0.3) is 0 Å². The molecular weight excluding hydrogens is 143 g/mol. The summed E-state index contributed by atoms with van der Waals surface area (Å²) < 4.78 is 12.8. The molecule has 0 saturated carbocycles. The summed E-state index contributed by atoms with van der Waals surface area (Å²) in [5.41, 5.74) is 11.2. The zero-order valence-corrected chi connectivity index (χ0v) is 6.13. The summed E-state index contributed by atoms with van der Waals surface area (Å²) in [7, 11) is 0. The first-order valence-corrected chi connectivity index (χ1v) is 3.44. The van der Waals surface area contributed by atoms with E-state index in [0.29, 0.717) is 12.0 Å². The lowest BCUT2D eigenvalue weighted by atomic mass is 10.1. The van der Waals surface area contributed by atoms with Gasteiger partial charge in [0.05, 0.1) is 6.17 Å². The molecule has 2 nitrogen and oxygen atoms in total. The molecule has 0 bridgehead atoms. The Kier molecular flexibility index (Phi) is 2.57. The van der Waals surface area contributed by atoms with Crippen molar-refractivity contribution in [3.63, 3.8) is 0 Å². The molecule has 0 atom stereocenters. The highest BCUT2D eigenvalue weighted by atomic mass is 19.1. The van der Waals surface area contributed by atoms with Crippen LogP contribution in [0.15, 0.2) is 24.3 Å². The van der Waals surface area contributed by atoms with Crippen LogP contribution in [0.3, 0.4) is 0 Å². The van der Waals surface area contributed by atoms with E-state index in [2.05, 4.69) is 0 Å². The number of halogens is 1. The Hall–Kier alpha value is -0.930. The topological polar surface area (TPSA) is 52.0 Å². The van der Waals surface area contributed by atoms with E-state index in [1.165, 1.54) is 6.07 Å². The number of nitrogens with two attached hydrogens (primary N) is 2. The smallest absolute Gasteiger partial charge is 0.126 e. The molecule has 1 aromatic carbocycles. The molecule has 0 amide bonds. The third kappa shape index (κ3) is 2.29. The monoisotopic (exact) mass is 154 g/mol. The van der Waals surface area contributed by atoms with Crippen LogP contribution in [0.25, 0.3) is 0 Å². The maximum atomic E-state index is 12.8. The summed E-state index contributed by atoms with van der Waals surface area (Å²) in [5.74, 6) is -0.242. The van der Waals surface area contributed by atoms with Crippen molar-refractivity contribution >= 4 is 0 Å². The number of hydrogen-bond acceptors (Lipinski definition) is 2. The molecule has 0 heterocycles. The minimum atomic E-state index is -0.480. The van der Waals surface area contributed by atoms with E-state index in [-0.39, 0.29) is 5.82 Å². The van der Waals surface area contributed by atoms with Crippen molar-refractivity contribution in [3.05, 3.63) is 35.6 Å². The van der Waals surface area contributed by atoms with E-state index in [9.17, 15) is 4.39 Å². The first kappa shape index (κ1) is 8.17. The van der Waals surface area contributed by atoms with Gasteiger partial charge in [-0.25, -0.2) is 4.39 Å². The maximum absolute atomic E-state index is 12.8. The fourth-order valence-electron chi connectivity index (χ4n) is 0.918.